The van der Waals surface area contributed by atoms with Crippen LogP contribution in [0.5, 0.6) is 0 Å². The zero-order valence-electron chi connectivity index (χ0n) is 19.5. The van der Waals surface area contributed by atoms with Crippen LogP contribution < -0.4 is 21.7 Å². The monoisotopic (exact) mass is 475 g/mol. The topological polar surface area (TPSA) is 187 Å². The van der Waals surface area contributed by atoms with Crippen LogP contribution in [0.1, 0.15) is 32.8 Å². The first kappa shape index (κ1) is 26.8. The van der Waals surface area contributed by atoms with E-state index in [1.165, 1.54) is 6.92 Å². The average Bonchev–Trinajstić information content (AvgIpc) is 3.22. The molecule has 1 aromatic carbocycles. The lowest BCUT2D eigenvalue weighted by atomic mass is 9.97. The Bertz CT molecular complexity index is 1020. The van der Waals surface area contributed by atoms with Crippen LogP contribution in [-0.4, -0.2) is 69.7 Å². The summed E-state index contributed by atoms with van der Waals surface area (Å²) in [6, 6.07) is 4.02. The number of aliphatic carboxylic acids is 1. The van der Waals surface area contributed by atoms with E-state index in [1.807, 2.05) is 31.2 Å². The number of carbonyl (C=O) groups is 4. The summed E-state index contributed by atoms with van der Waals surface area (Å²) in [5, 5.41) is 27.3. The first-order chi connectivity index (χ1) is 16.0. The number of rotatable bonds is 12. The third kappa shape index (κ3) is 7.03. The van der Waals surface area contributed by atoms with Gasteiger partial charge in [0.05, 0.1) is 12.6 Å². The van der Waals surface area contributed by atoms with Crippen molar-refractivity contribution < 1.29 is 29.4 Å². The highest BCUT2D eigenvalue weighted by Crippen LogP contribution is 2.19. The van der Waals surface area contributed by atoms with Gasteiger partial charge in [0.2, 0.25) is 17.7 Å². The highest BCUT2D eigenvalue weighted by molar-refractivity contribution is 5.93. The Kier molecular flexibility index (Phi) is 9.58. The van der Waals surface area contributed by atoms with Gasteiger partial charge in [0.15, 0.2) is 0 Å². The smallest absolute Gasteiger partial charge is 0.326 e. The van der Waals surface area contributed by atoms with Gasteiger partial charge in [-0.1, -0.05) is 38.5 Å². The number of aliphatic hydroxyl groups excluding tert-OH is 1. The molecular formula is C23H33N5O6. The number of aromatic amines is 1. The predicted octanol–water partition coefficient (Wildman–Crippen LogP) is -0.365. The second kappa shape index (κ2) is 12.1. The number of aliphatic hydroxyl groups is 1. The van der Waals surface area contributed by atoms with Crippen molar-refractivity contribution in [2.75, 3.05) is 6.54 Å². The fraction of sp³-hybridized carbons (Fsp3) is 0.478. The minimum absolute atomic E-state index is 0.0551. The van der Waals surface area contributed by atoms with Crippen molar-refractivity contribution in [3.05, 3.63) is 36.0 Å². The maximum absolute atomic E-state index is 13.0. The molecule has 3 amide bonds. The van der Waals surface area contributed by atoms with Crippen molar-refractivity contribution in [1.29, 1.82) is 0 Å². The summed E-state index contributed by atoms with van der Waals surface area (Å²) in [5.74, 6) is -3.49. The molecule has 0 aliphatic carbocycles. The lowest BCUT2D eigenvalue weighted by Gasteiger charge is -2.25. The van der Waals surface area contributed by atoms with E-state index >= 15 is 0 Å². The Morgan fingerprint density at radius 2 is 1.76 bits per heavy atom. The normalized spacial score (nSPS) is 15.6. The van der Waals surface area contributed by atoms with Crippen molar-refractivity contribution in [3.8, 4) is 0 Å². The molecule has 1 heterocycles. The number of nitrogens with one attached hydrogen (secondary N) is 4. The molecule has 0 saturated carbocycles. The number of carboxylic acid groups (broad SMARTS) is 1. The van der Waals surface area contributed by atoms with E-state index in [0.717, 1.165) is 16.5 Å². The highest BCUT2D eigenvalue weighted by atomic mass is 16.4. The van der Waals surface area contributed by atoms with E-state index in [2.05, 4.69) is 20.9 Å². The number of para-hydroxylation sites is 1. The number of fused-ring (bicyclic) bond motifs is 1. The molecule has 0 radical (unpaired) electrons. The third-order valence-electron chi connectivity index (χ3n) is 5.77. The van der Waals surface area contributed by atoms with Crippen molar-refractivity contribution in [2.24, 2.45) is 11.7 Å². The lowest BCUT2D eigenvalue weighted by molar-refractivity contribution is -0.142. The van der Waals surface area contributed by atoms with Crippen LogP contribution in [0.2, 0.25) is 0 Å². The molecule has 0 aliphatic heterocycles. The molecule has 5 unspecified atom stereocenters. The van der Waals surface area contributed by atoms with Gasteiger partial charge in [-0.25, -0.2) is 4.79 Å². The highest BCUT2D eigenvalue weighted by Gasteiger charge is 2.30. The number of hydrogen-bond donors (Lipinski definition) is 7. The number of H-pyrrole nitrogens is 1. The van der Waals surface area contributed by atoms with E-state index < -0.39 is 54.5 Å². The van der Waals surface area contributed by atoms with Crippen LogP contribution >= 0.6 is 0 Å². The number of hydrogen-bond acceptors (Lipinski definition) is 6. The molecule has 8 N–H and O–H groups in total. The van der Waals surface area contributed by atoms with Gasteiger partial charge in [0.25, 0.3) is 0 Å². The van der Waals surface area contributed by atoms with Crippen molar-refractivity contribution in [3.63, 3.8) is 0 Å². The molecule has 1 aromatic heterocycles. The quantitative estimate of drug-likeness (QED) is 0.218. The number of carbonyl (C=O) groups excluding carboxylic acids is 3. The second-order valence-corrected chi connectivity index (χ2v) is 8.38. The molecule has 5 atom stereocenters. The van der Waals surface area contributed by atoms with Crippen LogP contribution in [0.4, 0.5) is 0 Å². The first-order valence-electron chi connectivity index (χ1n) is 11.1. The number of aromatic nitrogens is 1. The zero-order valence-corrected chi connectivity index (χ0v) is 19.5. The van der Waals surface area contributed by atoms with E-state index in [4.69, 9.17) is 5.73 Å². The summed E-state index contributed by atoms with van der Waals surface area (Å²) >= 11 is 0. The Morgan fingerprint density at radius 3 is 2.38 bits per heavy atom. The summed E-state index contributed by atoms with van der Waals surface area (Å²) in [7, 11) is 0. The molecule has 2 aromatic rings. The maximum atomic E-state index is 13.0. The number of benzene rings is 1. The van der Waals surface area contributed by atoms with Gasteiger partial charge in [-0.05, 0) is 24.5 Å². The minimum Gasteiger partial charge on any atom is -0.480 e. The average molecular weight is 476 g/mol. The fourth-order valence-corrected chi connectivity index (χ4v) is 3.41. The molecule has 0 spiro atoms. The Morgan fingerprint density at radius 1 is 1.09 bits per heavy atom. The summed E-state index contributed by atoms with van der Waals surface area (Å²) in [4.78, 5) is 52.2. The van der Waals surface area contributed by atoms with Crippen LogP contribution in [0.3, 0.4) is 0 Å². The summed E-state index contributed by atoms with van der Waals surface area (Å²) in [6.45, 7) is 4.49. The maximum Gasteiger partial charge on any atom is 0.326 e. The van der Waals surface area contributed by atoms with Gasteiger partial charge in [0, 0.05) is 23.5 Å². The number of carboxylic acids is 1. The molecule has 2 rings (SSSR count). The van der Waals surface area contributed by atoms with Crippen LogP contribution in [0, 0.1) is 5.92 Å². The SMILES string of the molecule is CCC(C)C(NC(=O)CNC(=O)C(N)C(C)O)C(=O)NC(Cc1c[nH]c2ccccc12)C(=O)O. The Balaban J connectivity index is 2.06. The van der Waals surface area contributed by atoms with Crippen LogP contribution in [-0.2, 0) is 25.6 Å². The predicted molar refractivity (Wildman–Crippen MR) is 126 cm³/mol. The summed E-state index contributed by atoms with van der Waals surface area (Å²) in [6.07, 6.45) is 1.21. The molecule has 186 valence electrons. The number of amides is 3. The molecule has 0 bridgehead atoms. The van der Waals surface area contributed by atoms with Gasteiger partial charge >= 0.3 is 5.97 Å². The standard InChI is InChI=1S/C23H33N5O6/c1-4-12(2)20(28-18(30)11-26-21(31)19(24)13(3)29)22(32)27-17(23(33)34)9-14-10-25-16-8-6-5-7-15(14)16/h5-8,10,12-13,17,19-20,25,29H,4,9,11,24H2,1-3H3,(H,26,31)(H,27,32)(H,28,30)(H,33,34). The molecule has 11 nitrogen and oxygen atoms in total. The zero-order chi connectivity index (χ0) is 25.4. The molecule has 0 saturated heterocycles. The van der Waals surface area contributed by atoms with E-state index in [-0.39, 0.29) is 12.3 Å². The minimum atomic E-state index is -1.21. The Labute approximate surface area is 197 Å². The van der Waals surface area contributed by atoms with Gasteiger partial charge < -0.3 is 36.9 Å². The molecule has 0 aliphatic rings. The second-order valence-electron chi connectivity index (χ2n) is 8.38. The lowest BCUT2D eigenvalue weighted by Crippen LogP contribution is -2.56. The third-order valence-corrected chi connectivity index (χ3v) is 5.77. The van der Waals surface area contributed by atoms with Crippen molar-refractivity contribution >= 4 is 34.6 Å². The summed E-state index contributed by atoms with van der Waals surface area (Å²) < 4.78 is 0. The van der Waals surface area contributed by atoms with E-state index in [1.54, 1.807) is 13.1 Å². The van der Waals surface area contributed by atoms with Gasteiger partial charge in [-0.2, -0.15) is 0 Å². The van der Waals surface area contributed by atoms with E-state index in [9.17, 15) is 29.4 Å². The van der Waals surface area contributed by atoms with E-state index in [0.29, 0.717) is 6.42 Å². The Hall–Kier alpha value is -3.44. The fourth-order valence-electron chi connectivity index (χ4n) is 3.41. The largest absolute Gasteiger partial charge is 0.480 e. The molecule has 0 fully saturated rings. The van der Waals surface area contributed by atoms with Gasteiger partial charge in [-0.3, -0.25) is 14.4 Å². The molecule has 11 heteroatoms. The van der Waals surface area contributed by atoms with Crippen LogP contribution in [0.25, 0.3) is 10.9 Å². The van der Waals surface area contributed by atoms with Crippen LogP contribution in [0.15, 0.2) is 30.5 Å². The van der Waals surface area contributed by atoms with Crippen molar-refractivity contribution in [1.82, 2.24) is 20.9 Å². The van der Waals surface area contributed by atoms with Crippen molar-refractivity contribution in [2.45, 2.75) is 57.8 Å². The molecule has 34 heavy (non-hydrogen) atoms. The molecular weight excluding hydrogens is 442 g/mol. The van der Waals surface area contributed by atoms with Gasteiger partial charge in [-0.15, -0.1) is 0 Å². The summed E-state index contributed by atoms with van der Waals surface area (Å²) in [5.41, 5.74) is 7.12. The first-order valence-corrected chi connectivity index (χ1v) is 11.1. The van der Waals surface area contributed by atoms with Gasteiger partial charge in [0.1, 0.15) is 18.1 Å². The number of nitrogens with two attached hydrogens (primary N) is 1.